The van der Waals surface area contributed by atoms with Crippen LogP contribution in [0.3, 0.4) is 0 Å². The van der Waals surface area contributed by atoms with Gasteiger partial charge in [0.05, 0.1) is 21.0 Å². The van der Waals surface area contributed by atoms with Crippen LogP contribution in [0, 0.1) is 0 Å². The number of rotatable bonds is 9. The van der Waals surface area contributed by atoms with Crippen LogP contribution in [0.2, 0.25) is 10.0 Å². The minimum absolute atomic E-state index is 0.0480. The van der Waals surface area contributed by atoms with Crippen molar-refractivity contribution in [3.8, 4) is 16.3 Å². The Labute approximate surface area is 206 Å². The lowest BCUT2D eigenvalue weighted by molar-refractivity contribution is 0.0630. The number of halogens is 2. The van der Waals surface area contributed by atoms with Gasteiger partial charge in [-0.1, -0.05) is 28.4 Å². The van der Waals surface area contributed by atoms with Gasteiger partial charge in [0.1, 0.15) is 28.0 Å². The lowest BCUT2D eigenvalue weighted by Gasteiger charge is -2.33. The number of nitrogens with zero attached hydrogens (tertiary/aromatic N) is 2. The molecule has 1 saturated heterocycles. The molecule has 0 spiro atoms. The Kier molecular flexibility index (Phi) is 7.95. The van der Waals surface area contributed by atoms with Crippen LogP contribution in [0.1, 0.15) is 12.8 Å². The van der Waals surface area contributed by atoms with Crippen LogP contribution in [0.5, 0.6) is 5.75 Å². The van der Waals surface area contributed by atoms with E-state index in [1.165, 1.54) is 12.3 Å². The highest BCUT2D eigenvalue weighted by Gasteiger charge is 2.24. The third-order valence-electron chi connectivity index (χ3n) is 5.24. The average molecular weight is 532 g/mol. The number of hydrogen-bond acceptors (Lipinski definition) is 8. The topological polar surface area (TPSA) is 105 Å². The highest BCUT2D eigenvalue weighted by atomic mass is 35.5. The molecular formula is C21H23Cl2N3O5S2. The number of piperidine rings is 1. The fraction of sp³-hybridized carbons (Fsp3) is 0.381. The average Bonchev–Trinajstić information content (AvgIpc) is 3.49. The van der Waals surface area contributed by atoms with E-state index in [4.69, 9.17) is 32.5 Å². The molecule has 8 nitrogen and oxygen atoms in total. The maximum absolute atomic E-state index is 12.6. The molecule has 0 radical (unpaired) electrons. The van der Waals surface area contributed by atoms with Gasteiger partial charge in [-0.15, -0.1) is 11.3 Å². The lowest BCUT2D eigenvalue weighted by Crippen LogP contribution is -2.44. The first kappa shape index (κ1) is 24.5. The molecule has 1 fully saturated rings. The molecule has 3 aromatic rings. The Balaban J connectivity index is 1.21. The number of aromatic nitrogens is 1. The van der Waals surface area contributed by atoms with E-state index in [0.717, 1.165) is 37.3 Å². The van der Waals surface area contributed by atoms with Gasteiger partial charge in [0.25, 0.3) is 0 Å². The van der Waals surface area contributed by atoms with Crippen LogP contribution in [-0.2, 0) is 10.0 Å². The number of sulfonamides is 1. The molecule has 3 heterocycles. The smallest absolute Gasteiger partial charge is 0.250 e. The SMILES string of the molecule is O=S(=O)(NC[C@H](O)CN1CCC(Oc2ccc(Cl)c(Cl)c2)CC1)c1ccc(-c2ccon2)s1. The highest BCUT2D eigenvalue weighted by Crippen LogP contribution is 2.30. The summed E-state index contributed by atoms with van der Waals surface area (Å²) in [6, 6.07) is 10.1. The van der Waals surface area contributed by atoms with Crippen molar-refractivity contribution in [1.29, 1.82) is 0 Å². The summed E-state index contributed by atoms with van der Waals surface area (Å²) in [5.41, 5.74) is 0.577. The zero-order valence-corrected chi connectivity index (χ0v) is 20.6. The summed E-state index contributed by atoms with van der Waals surface area (Å²) in [5, 5.41) is 15.1. The molecule has 33 heavy (non-hydrogen) atoms. The van der Waals surface area contributed by atoms with Crippen LogP contribution in [0.25, 0.3) is 10.6 Å². The van der Waals surface area contributed by atoms with Crippen molar-refractivity contribution in [3.63, 3.8) is 0 Å². The molecule has 178 valence electrons. The third-order valence-corrected chi connectivity index (χ3v) is 9.01. The Morgan fingerprint density at radius 1 is 1.21 bits per heavy atom. The van der Waals surface area contributed by atoms with E-state index in [1.807, 2.05) is 0 Å². The van der Waals surface area contributed by atoms with Gasteiger partial charge in [0, 0.05) is 38.3 Å². The quantitative estimate of drug-likeness (QED) is 0.431. The van der Waals surface area contributed by atoms with Crippen molar-refractivity contribution in [1.82, 2.24) is 14.8 Å². The monoisotopic (exact) mass is 531 g/mol. The Morgan fingerprint density at radius 2 is 2.00 bits per heavy atom. The molecule has 0 unspecified atom stereocenters. The molecule has 0 aliphatic carbocycles. The maximum atomic E-state index is 12.6. The standard InChI is InChI=1S/C21H23Cl2N3O5S2/c22-17-2-1-16(11-18(17)23)31-15-5-8-26(9-6-15)13-14(27)12-24-33(28,29)21-4-3-20(32-21)19-7-10-30-25-19/h1-4,7,10-11,14-15,24,27H,5-6,8-9,12-13H2/t14-/m0/s1. The molecule has 0 bridgehead atoms. The van der Waals surface area contributed by atoms with Gasteiger partial charge in [0.2, 0.25) is 10.0 Å². The first-order valence-corrected chi connectivity index (χ1v) is 13.4. The van der Waals surface area contributed by atoms with E-state index in [9.17, 15) is 13.5 Å². The predicted molar refractivity (Wildman–Crippen MR) is 128 cm³/mol. The summed E-state index contributed by atoms with van der Waals surface area (Å²) < 4.78 is 38.6. The van der Waals surface area contributed by atoms with Gasteiger partial charge in [-0.05, 0) is 37.1 Å². The summed E-state index contributed by atoms with van der Waals surface area (Å²) in [6.07, 6.45) is 2.23. The minimum Gasteiger partial charge on any atom is -0.490 e. The number of ether oxygens (including phenoxy) is 1. The molecule has 1 aromatic carbocycles. The normalized spacial score (nSPS) is 16.7. The van der Waals surface area contributed by atoms with Crippen LogP contribution in [-0.4, -0.2) is 62.0 Å². The van der Waals surface area contributed by atoms with Gasteiger partial charge in [-0.3, -0.25) is 0 Å². The summed E-state index contributed by atoms with van der Waals surface area (Å²) >= 11 is 13.1. The number of aliphatic hydroxyl groups is 1. The van der Waals surface area contributed by atoms with Crippen molar-refractivity contribution < 1.29 is 22.8 Å². The highest BCUT2D eigenvalue weighted by molar-refractivity contribution is 7.91. The number of hydrogen-bond donors (Lipinski definition) is 2. The van der Waals surface area contributed by atoms with Crippen molar-refractivity contribution in [2.75, 3.05) is 26.2 Å². The molecule has 1 aliphatic rings. The molecule has 2 aromatic heterocycles. The number of nitrogens with one attached hydrogen (secondary N) is 1. The summed E-state index contributed by atoms with van der Waals surface area (Å²) in [4.78, 5) is 2.79. The molecule has 1 atom stereocenters. The van der Waals surface area contributed by atoms with Crippen LogP contribution >= 0.6 is 34.5 Å². The molecule has 0 saturated carbocycles. The summed E-state index contributed by atoms with van der Waals surface area (Å²) in [6.45, 7) is 1.78. The van der Waals surface area contributed by atoms with E-state index in [-0.39, 0.29) is 16.9 Å². The van der Waals surface area contributed by atoms with Crippen molar-refractivity contribution in [3.05, 3.63) is 52.7 Å². The number of β-amino-alcohol motifs (C(OH)–C–C–N with tert-alkyl or cyclic N) is 1. The van der Waals surface area contributed by atoms with Crippen LogP contribution in [0.15, 0.2) is 51.4 Å². The first-order chi connectivity index (χ1) is 15.8. The van der Waals surface area contributed by atoms with Crippen molar-refractivity contribution >= 4 is 44.6 Å². The maximum Gasteiger partial charge on any atom is 0.250 e. The largest absolute Gasteiger partial charge is 0.490 e. The van der Waals surface area contributed by atoms with Crippen LogP contribution in [0.4, 0.5) is 0 Å². The number of aliphatic hydroxyl groups excluding tert-OH is 1. The fourth-order valence-corrected chi connectivity index (χ4v) is 6.21. The van der Waals surface area contributed by atoms with E-state index >= 15 is 0 Å². The van der Waals surface area contributed by atoms with Gasteiger partial charge < -0.3 is 19.3 Å². The summed E-state index contributed by atoms with van der Waals surface area (Å²) in [5.74, 6) is 0.678. The van der Waals surface area contributed by atoms with Gasteiger partial charge in [-0.2, -0.15) is 0 Å². The number of likely N-dealkylation sites (tertiary alicyclic amines) is 1. The molecule has 4 rings (SSSR count). The van der Waals surface area contributed by atoms with Gasteiger partial charge in [0.15, 0.2) is 0 Å². The van der Waals surface area contributed by atoms with Gasteiger partial charge in [-0.25, -0.2) is 13.1 Å². The van der Waals surface area contributed by atoms with E-state index in [2.05, 4.69) is 14.8 Å². The third kappa shape index (κ3) is 6.48. The Hall–Kier alpha value is -1.66. The minimum atomic E-state index is -3.72. The zero-order valence-electron chi connectivity index (χ0n) is 17.5. The fourth-order valence-electron chi connectivity index (χ4n) is 3.53. The predicted octanol–water partition coefficient (Wildman–Crippen LogP) is 3.89. The Morgan fingerprint density at radius 3 is 2.70 bits per heavy atom. The second kappa shape index (κ2) is 10.7. The molecule has 1 aliphatic heterocycles. The van der Waals surface area contributed by atoms with Crippen molar-refractivity contribution in [2.24, 2.45) is 0 Å². The van der Waals surface area contributed by atoms with E-state index < -0.39 is 16.1 Å². The molecule has 12 heteroatoms. The second-order valence-electron chi connectivity index (χ2n) is 7.70. The molecule has 0 amide bonds. The zero-order chi connectivity index (χ0) is 23.4. The van der Waals surface area contributed by atoms with E-state index in [1.54, 1.807) is 30.3 Å². The number of thiophene rings is 1. The molecular weight excluding hydrogens is 509 g/mol. The summed E-state index contributed by atoms with van der Waals surface area (Å²) in [7, 11) is -3.72. The second-order valence-corrected chi connectivity index (χ2v) is 11.6. The lowest BCUT2D eigenvalue weighted by atomic mass is 10.1. The van der Waals surface area contributed by atoms with Crippen LogP contribution < -0.4 is 9.46 Å². The molecule has 2 N–H and O–H groups in total. The van der Waals surface area contributed by atoms with Gasteiger partial charge >= 0.3 is 0 Å². The van der Waals surface area contributed by atoms with Crippen molar-refractivity contribution in [2.45, 2.75) is 29.3 Å². The Bertz CT molecular complexity index is 1160. The first-order valence-electron chi connectivity index (χ1n) is 10.3. The number of benzene rings is 1. The van der Waals surface area contributed by atoms with E-state index in [0.29, 0.717) is 32.9 Å².